The summed E-state index contributed by atoms with van der Waals surface area (Å²) >= 11 is 1.80. The van der Waals surface area contributed by atoms with E-state index in [-0.39, 0.29) is 0 Å². The normalized spacial score (nSPS) is 19.8. The van der Waals surface area contributed by atoms with E-state index in [1.807, 2.05) is 4.52 Å². The number of benzene rings is 1. The van der Waals surface area contributed by atoms with Gasteiger partial charge in [0.05, 0.1) is 11.9 Å². The molecule has 0 radical (unpaired) electrons. The molecular formula is C25H35N3S. The number of unbranched alkanes of at least 4 members (excludes halogenated alkanes) is 3. The lowest BCUT2D eigenvalue weighted by Crippen LogP contribution is -2.13. The van der Waals surface area contributed by atoms with Gasteiger partial charge in [-0.25, -0.2) is 9.50 Å². The maximum absolute atomic E-state index is 4.91. The first-order valence-electron chi connectivity index (χ1n) is 11.7. The van der Waals surface area contributed by atoms with Crippen molar-refractivity contribution in [2.45, 2.75) is 90.4 Å². The van der Waals surface area contributed by atoms with E-state index >= 15 is 0 Å². The monoisotopic (exact) mass is 409 g/mol. The summed E-state index contributed by atoms with van der Waals surface area (Å²) in [6, 6.07) is 8.95. The smallest absolute Gasteiger partial charge is 0.212 e. The molecule has 3 nitrogen and oxygen atoms in total. The Morgan fingerprint density at radius 1 is 0.966 bits per heavy atom. The second-order valence-electron chi connectivity index (χ2n) is 8.81. The van der Waals surface area contributed by atoms with Crippen LogP contribution in [0.4, 0.5) is 0 Å². The number of fused-ring (bicyclic) bond motifs is 1. The molecule has 0 N–H and O–H groups in total. The molecule has 29 heavy (non-hydrogen) atoms. The molecule has 156 valence electrons. The SMILES string of the molecule is CCCCCc1ccc(-c2cn3nc(C4CCC(CCCC)CC4)sc3n2)cc1. The summed E-state index contributed by atoms with van der Waals surface area (Å²) in [6.07, 6.45) is 16.7. The predicted octanol–water partition coefficient (Wildman–Crippen LogP) is 7.65. The summed E-state index contributed by atoms with van der Waals surface area (Å²) in [5.74, 6) is 1.59. The van der Waals surface area contributed by atoms with Crippen LogP contribution in [0, 0.1) is 5.92 Å². The summed E-state index contributed by atoms with van der Waals surface area (Å²) in [6.45, 7) is 4.55. The Labute approximate surface area is 179 Å². The minimum Gasteiger partial charge on any atom is -0.217 e. The molecule has 1 aliphatic carbocycles. The van der Waals surface area contributed by atoms with Gasteiger partial charge in [-0.1, -0.05) is 81.6 Å². The fourth-order valence-electron chi connectivity index (χ4n) is 4.63. The maximum atomic E-state index is 4.91. The molecule has 4 rings (SSSR count). The van der Waals surface area contributed by atoms with Gasteiger partial charge in [-0.3, -0.25) is 0 Å². The third-order valence-corrected chi connectivity index (χ3v) is 7.62. The quantitative estimate of drug-likeness (QED) is 0.340. The highest BCUT2D eigenvalue weighted by Gasteiger charge is 2.25. The van der Waals surface area contributed by atoms with E-state index in [9.17, 15) is 0 Å². The van der Waals surface area contributed by atoms with Crippen LogP contribution in [0.15, 0.2) is 30.5 Å². The van der Waals surface area contributed by atoms with E-state index in [1.54, 1.807) is 11.3 Å². The lowest BCUT2D eigenvalue weighted by molar-refractivity contribution is 0.303. The summed E-state index contributed by atoms with van der Waals surface area (Å²) in [5, 5.41) is 6.20. The second kappa shape index (κ2) is 9.88. The third-order valence-electron chi connectivity index (χ3n) is 6.54. The first-order valence-corrected chi connectivity index (χ1v) is 12.5. The zero-order valence-electron chi connectivity index (χ0n) is 18.1. The van der Waals surface area contributed by atoms with Crippen LogP contribution >= 0.6 is 11.3 Å². The first-order chi connectivity index (χ1) is 14.3. The Morgan fingerprint density at radius 3 is 2.41 bits per heavy atom. The van der Waals surface area contributed by atoms with Gasteiger partial charge >= 0.3 is 0 Å². The van der Waals surface area contributed by atoms with Crippen LogP contribution in [0.1, 0.15) is 94.5 Å². The highest BCUT2D eigenvalue weighted by atomic mass is 32.1. The van der Waals surface area contributed by atoms with Crippen molar-refractivity contribution in [1.82, 2.24) is 14.6 Å². The molecular weight excluding hydrogens is 374 g/mol. The Hall–Kier alpha value is -1.68. The largest absolute Gasteiger partial charge is 0.217 e. The standard InChI is InChI=1S/C25H35N3S/c1-3-5-7-9-20-10-14-21(15-11-20)23-18-28-25(26-23)29-24(27-28)22-16-12-19(13-17-22)8-6-4-2/h10-11,14-15,18-19,22H,3-9,12-13,16-17H2,1-2H3. The van der Waals surface area contributed by atoms with Crippen molar-refractivity contribution in [2.75, 3.05) is 0 Å². The highest BCUT2D eigenvalue weighted by Crippen LogP contribution is 2.39. The van der Waals surface area contributed by atoms with E-state index in [1.165, 1.54) is 86.8 Å². The number of aromatic nitrogens is 3. The van der Waals surface area contributed by atoms with Crippen LogP contribution in [0.5, 0.6) is 0 Å². The van der Waals surface area contributed by atoms with Crippen LogP contribution in [0.2, 0.25) is 0 Å². The molecule has 0 bridgehead atoms. The molecule has 0 amide bonds. The van der Waals surface area contributed by atoms with E-state index in [0.717, 1.165) is 16.6 Å². The van der Waals surface area contributed by atoms with Gasteiger partial charge in [0, 0.05) is 11.5 Å². The maximum Gasteiger partial charge on any atom is 0.212 e. The molecule has 0 atom stereocenters. The average molecular weight is 410 g/mol. The van der Waals surface area contributed by atoms with Crippen molar-refractivity contribution < 1.29 is 0 Å². The Bertz CT molecular complexity index is 853. The molecule has 2 heterocycles. The molecule has 1 aromatic carbocycles. The summed E-state index contributed by atoms with van der Waals surface area (Å²) in [4.78, 5) is 5.92. The highest BCUT2D eigenvalue weighted by molar-refractivity contribution is 7.16. The number of hydrogen-bond donors (Lipinski definition) is 0. The van der Waals surface area contributed by atoms with Crippen molar-refractivity contribution in [3.8, 4) is 11.3 Å². The van der Waals surface area contributed by atoms with Crippen LogP contribution in [0.3, 0.4) is 0 Å². The van der Waals surface area contributed by atoms with E-state index in [4.69, 9.17) is 10.1 Å². The van der Waals surface area contributed by atoms with Gasteiger partial charge in [-0.15, -0.1) is 0 Å². The molecule has 0 spiro atoms. The van der Waals surface area contributed by atoms with Crippen LogP contribution < -0.4 is 0 Å². The van der Waals surface area contributed by atoms with Gasteiger partial charge in [0.2, 0.25) is 4.96 Å². The lowest BCUT2D eigenvalue weighted by Gasteiger charge is -2.26. The molecule has 0 saturated heterocycles. The summed E-state index contributed by atoms with van der Waals surface area (Å²) < 4.78 is 2.01. The second-order valence-corrected chi connectivity index (χ2v) is 9.80. The minimum atomic E-state index is 0.644. The summed E-state index contributed by atoms with van der Waals surface area (Å²) in [5.41, 5.74) is 3.66. The van der Waals surface area contributed by atoms with Gasteiger partial charge in [0.25, 0.3) is 0 Å². The minimum absolute atomic E-state index is 0.644. The number of nitrogens with zero attached hydrogens (tertiary/aromatic N) is 3. The topological polar surface area (TPSA) is 30.2 Å². The van der Waals surface area contributed by atoms with E-state index in [2.05, 4.69) is 44.3 Å². The zero-order valence-corrected chi connectivity index (χ0v) is 18.9. The predicted molar refractivity (Wildman–Crippen MR) is 124 cm³/mol. The molecule has 1 aliphatic rings. The molecule has 1 fully saturated rings. The van der Waals surface area contributed by atoms with Crippen molar-refractivity contribution in [1.29, 1.82) is 0 Å². The Kier molecular flexibility index (Phi) is 7.02. The number of rotatable bonds is 9. The van der Waals surface area contributed by atoms with Crippen molar-refractivity contribution in [3.05, 3.63) is 41.0 Å². The molecule has 3 aromatic rings. The molecule has 4 heteroatoms. The summed E-state index contributed by atoms with van der Waals surface area (Å²) in [7, 11) is 0. The number of hydrogen-bond acceptors (Lipinski definition) is 3. The lowest BCUT2D eigenvalue weighted by atomic mass is 9.80. The molecule has 2 aromatic heterocycles. The van der Waals surface area contributed by atoms with Crippen molar-refractivity contribution in [3.63, 3.8) is 0 Å². The first kappa shape index (κ1) is 20.6. The van der Waals surface area contributed by atoms with Crippen LogP contribution in [-0.4, -0.2) is 14.6 Å². The number of imidazole rings is 1. The third kappa shape index (κ3) is 5.09. The van der Waals surface area contributed by atoms with E-state index < -0.39 is 0 Å². The van der Waals surface area contributed by atoms with Gasteiger partial charge < -0.3 is 0 Å². The zero-order chi connectivity index (χ0) is 20.1. The number of aryl methyl sites for hydroxylation is 1. The fraction of sp³-hybridized carbons (Fsp3) is 0.600. The van der Waals surface area contributed by atoms with Crippen molar-refractivity contribution in [2.24, 2.45) is 5.92 Å². The molecule has 0 aliphatic heterocycles. The van der Waals surface area contributed by atoms with Crippen molar-refractivity contribution >= 4 is 16.3 Å². The fourth-order valence-corrected chi connectivity index (χ4v) is 5.68. The Balaban J connectivity index is 1.38. The van der Waals surface area contributed by atoms with Gasteiger partial charge in [-0.05, 0) is 50.0 Å². The molecule has 1 saturated carbocycles. The van der Waals surface area contributed by atoms with Crippen LogP contribution in [0.25, 0.3) is 16.2 Å². The van der Waals surface area contributed by atoms with Gasteiger partial charge in [0.15, 0.2) is 0 Å². The Morgan fingerprint density at radius 2 is 1.72 bits per heavy atom. The van der Waals surface area contributed by atoms with Gasteiger partial charge in [0.1, 0.15) is 5.01 Å². The van der Waals surface area contributed by atoms with Gasteiger partial charge in [-0.2, -0.15) is 5.10 Å². The molecule has 0 unspecified atom stereocenters. The van der Waals surface area contributed by atoms with Crippen LogP contribution in [-0.2, 0) is 6.42 Å². The van der Waals surface area contributed by atoms with E-state index in [0.29, 0.717) is 5.92 Å². The average Bonchev–Trinajstić information content (AvgIpc) is 3.33.